The van der Waals surface area contributed by atoms with Gasteiger partial charge in [0.2, 0.25) is 0 Å². The number of halogens is 1. The fraction of sp³-hybridized carbons (Fsp3) is 0.190. The van der Waals surface area contributed by atoms with E-state index < -0.39 is 5.82 Å². The lowest BCUT2D eigenvalue weighted by molar-refractivity contribution is -0.104. The molecule has 2 rings (SSSR count). The van der Waals surface area contributed by atoms with Crippen molar-refractivity contribution in [1.82, 2.24) is 4.57 Å². The van der Waals surface area contributed by atoms with Gasteiger partial charge in [-0.2, -0.15) is 0 Å². The molecule has 1 aromatic heterocycles. The molecule has 0 aliphatic rings. The number of benzene rings is 1. The molecule has 1 aromatic carbocycles. The van der Waals surface area contributed by atoms with E-state index in [-0.39, 0.29) is 11.5 Å². The molecule has 4 nitrogen and oxygen atoms in total. The highest BCUT2D eigenvalue weighted by Gasteiger charge is 2.20. The molecule has 0 aliphatic carbocycles. The van der Waals surface area contributed by atoms with Crippen molar-refractivity contribution in [3.05, 3.63) is 69.4 Å². The highest BCUT2D eigenvalue weighted by Crippen LogP contribution is 2.33. The minimum atomic E-state index is -0.392. The van der Waals surface area contributed by atoms with Gasteiger partial charge in [0, 0.05) is 29.4 Å². The summed E-state index contributed by atoms with van der Waals surface area (Å²) >= 11 is 0. The second kappa shape index (κ2) is 8.34. The smallest absolute Gasteiger partial charge is 0.258 e. The minimum Gasteiger partial charge on any atom is -0.314 e. The summed E-state index contributed by atoms with van der Waals surface area (Å²) in [4.78, 5) is 34.6. The number of allylic oxidation sites excluding steroid dienone is 2. The normalized spacial score (nSPS) is 11.6. The van der Waals surface area contributed by atoms with Gasteiger partial charge < -0.3 is 4.57 Å². The summed E-state index contributed by atoms with van der Waals surface area (Å²) in [6.07, 6.45) is 6.92. The van der Waals surface area contributed by atoms with Crippen molar-refractivity contribution in [3.63, 3.8) is 0 Å². The molecular weight excluding hydrogens is 333 g/mol. The number of pyridine rings is 1. The maximum Gasteiger partial charge on any atom is 0.258 e. The highest BCUT2D eigenvalue weighted by atomic mass is 19.1. The topological polar surface area (TPSA) is 56.1 Å². The van der Waals surface area contributed by atoms with Crippen LogP contribution in [0.25, 0.3) is 23.3 Å². The highest BCUT2D eigenvalue weighted by molar-refractivity contribution is 5.88. The first-order chi connectivity index (χ1) is 12.4. The number of aldehydes is 2. The first-order valence-electron chi connectivity index (χ1n) is 8.18. The van der Waals surface area contributed by atoms with Crippen LogP contribution >= 0.6 is 0 Å². The quantitative estimate of drug-likeness (QED) is 0.587. The lowest BCUT2D eigenvalue weighted by Gasteiger charge is -2.21. The maximum absolute atomic E-state index is 13.4. The molecule has 134 valence electrons. The predicted molar refractivity (Wildman–Crippen MR) is 101 cm³/mol. The van der Waals surface area contributed by atoms with E-state index in [1.54, 1.807) is 25.3 Å². The van der Waals surface area contributed by atoms with E-state index in [9.17, 15) is 18.8 Å². The Labute approximate surface area is 151 Å². The van der Waals surface area contributed by atoms with Crippen LogP contribution in [0.2, 0.25) is 0 Å². The van der Waals surface area contributed by atoms with Gasteiger partial charge in [0.1, 0.15) is 18.4 Å². The van der Waals surface area contributed by atoms with Crippen LogP contribution in [0.1, 0.15) is 36.6 Å². The summed E-state index contributed by atoms with van der Waals surface area (Å²) in [6, 6.07) is 5.76. The molecule has 5 heteroatoms. The van der Waals surface area contributed by atoms with Gasteiger partial charge in [-0.25, -0.2) is 4.39 Å². The zero-order chi connectivity index (χ0) is 19.3. The summed E-state index contributed by atoms with van der Waals surface area (Å²) < 4.78 is 14.9. The molecule has 26 heavy (non-hydrogen) atoms. The first-order valence-corrected chi connectivity index (χ1v) is 8.18. The molecule has 0 N–H and O–H groups in total. The number of hydrogen-bond acceptors (Lipinski definition) is 3. The van der Waals surface area contributed by atoms with Crippen LogP contribution < -0.4 is 5.56 Å². The van der Waals surface area contributed by atoms with E-state index in [4.69, 9.17) is 0 Å². The van der Waals surface area contributed by atoms with Crippen molar-refractivity contribution in [2.75, 3.05) is 0 Å². The lowest BCUT2D eigenvalue weighted by Crippen LogP contribution is -2.26. The van der Waals surface area contributed by atoms with Crippen LogP contribution in [0.5, 0.6) is 0 Å². The van der Waals surface area contributed by atoms with Crippen LogP contribution in [0.4, 0.5) is 4.39 Å². The SMILES string of the molecule is CC(C)c1c(/C=C/C=O)c(-c2ccc(F)cc2)c(/C=C/C=O)c(=O)n1C. The number of aromatic nitrogens is 1. The number of hydrogen-bond donors (Lipinski definition) is 0. The second-order valence-electron chi connectivity index (χ2n) is 6.10. The van der Waals surface area contributed by atoms with Crippen molar-refractivity contribution in [1.29, 1.82) is 0 Å². The van der Waals surface area contributed by atoms with Gasteiger partial charge in [-0.3, -0.25) is 14.4 Å². The van der Waals surface area contributed by atoms with Crippen LogP contribution in [0, 0.1) is 5.82 Å². The average Bonchev–Trinajstić information content (AvgIpc) is 2.61. The molecule has 0 bridgehead atoms. The summed E-state index contributed by atoms with van der Waals surface area (Å²) in [5.41, 5.74) is 2.66. The molecule has 0 saturated carbocycles. The van der Waals surface area contributed by atoms with Crippen molar-refractivity contribution < 1.29 is 14.0 Å². The largest absolute Gasteiger partial charge is 0.314 e. The van der Waals surface area contributed by atoms with Gasteiger partial charge in [-0.1, -0.05) is 26.0 Å². The van der Waals surface area contributed by atoms with Crippen molar-refractivity contribution in [2.45, 2.75) is 19.8 Å². The Morgan fingerprint density at radius 1 is 0.962 bits per heavy atom. The Kier molecular flexibility index (Phi) is 6.17. The fourth-order valence-corrected chi connectivity index (χ4v) is 3.07. The predicted octanol–water partition coefficient (Wildman–Crippen LogP) is 3.74. The van der Waals surface area contributed by atoms with Gasteiger partial charge in [0.25, 0.3) is 5.56 Å². The molecule has 0 saturated heterocycles. The third kappa shape index (κ3) is 3.77. The van der Waals surface area contributed by atoms with Gasteiger partial charge in [0.15, 0.2) is 0 Å². The standard InChI is InChI=1S/C21H20FNO3/c1-14(2)20-17(6-4-12-24)19(15-8-10-16(22)11-9-15)18(7-5-13-25)21(26)23(20)3/h4-14H,1-3H3/b6-4+,7-5+. The van der Waals surface area contributed by atoms with Gasteiger partial charge >= 0.3 is 0 Å². The van der Waals surface area contributed by atoms with E-state index in [2.05, 4.69) is 0 Å². The molecule has 1 heterocycles. The van der Waals surface area contributed by atoms with E-state index in [1.807, 2.05) is 13.8 Å². The molecule has 0 aliphatic heterocycles. The van der Waals surface area contributed by atoms with E-state index in [0.29, 0.717) is 34.8 Å². The number of carbonyl (C=O) groups is 2. The van der Waals surface area contributed by atoms with E-state index >= 15 is 0 Å². The molecule has 0 atom stereocenters. The molecule has 0 spiro atoms. The van der Waals surface area contributed by atoms with Gasteiger partial charge in [0.05, 0.1) is 0 Å². The van der Waals surface area contributed by atoms with Crippen LogP contribution in [0.3, 0.4) is 0 Å². The Morgan fingerprint density at radius 3 is 2.00 bits per heavy atom. The Morgan fingerprint density at radius 2 is 1.50 bits per heavy atom. The molecule has 2 aromatic rings. The first kappa shape index (κ1) is 19.2. The van der Waals surface area contributed by atoms with Crippen molar-refractivity contribution in [3.8, 4) is 11.1 Å². The summed E-state index contributed by atoms with van der Waals surface area (Å²) in [7, 11) is 1.66. The monoisotopic (exact) mass is 353 g/mol. The van der Waals surface area contributed by atoms with Crippen LogP contribution in [0.15, 0.2) is 41.2 Å². The summed E-state index contributed by atoms with van der Waals surface area (Å²) in [5, 5.41) is 0. The molecule has 0 fully saturated rings. The summed E-state index contributed by atoms with van der Waals surface area (Å²) in [6.45, 7) is 3.89. The maximum atomic E-state index is 13.4. The Hall–Kier alpha value is -3.08. The molecule has 0 unspecified atom stereocenters. The van der Waals surface area contributed by atoms with Gasteiger partial charge in [-0.15, -0.1) is 0 Å². The van der Waals surface area contributed by atoms with Crippen molar-refractivity contribution in [2.24, 2.45) is 7.05 Å². The number of nitrogens with zero attached hydrogens (tertiary/aromatic N) is 1. The fourth-order valence-electron chi connectivity index (χ4n) is 3.07. The molecule has 0 amide bonds. The average molecular weight is 353 g/mol. The van der Waals surface area contributed by atoms with Crippen LogP contribution in [-0.4, -0.2) is 17.1 Å². The van der Waals surface area contributed by atoms with E-state index in [0.717, 1.165) is 5.69 Å². The molecule has 0 radical (unpaired) electrons. The zero-order valence-corrected chi connectivity index (χ0v) is 14.9. The Balaban J connectivity index is 3.03. The third-order valence-electron chi connectivity index (χ3n) is 4.07. The lowest BCUT2D eigenvalue weighted by atomic mass is 9.90. The minimum absolute atomic E-state index is 0.00213. The van der Waals surface area contributed by atoms with Gasteiger partial charge in [-0.05, 0) is 47.9 Å². The van der Waals surface area contributed by atoms with E-state index in [1.165, 1.54) is 34.9 Å². The number of carbonyl (C=O) groups excluding carboxylic acids is 2. The molecular formula is C21H20FNO3. The number of rotatable bonds is 6. The van der Waals surface area contributed by atoms with Crippen molar-refractivity contribution >= 4 is 24.7 Å². The van der Waals surface area contributed by atoms with Crippen LogP contribution in [-0.2, 0) is 16.6 Å². The third-order valence-corrected chi connectivity index (χ3v) is 4.07. The summed E-state index contributed by atoms with van der Waals surface area (Å²) in [5.74, 6) is -0.390. The second-order valence-corrected chi connectivity index (χ2v) is 6.10. The zero-order valence-electron chi connectivity index (χ0n) is 14.9. The Bertz CT molecular complexity index is 935.